The third-order valence-electron chi connectivity index (χ3n) is 3.53. The third-order valence-corrected chi connectivity index (χ3v) is 3.53. The fraction of sp³-hybridized carbons (Fsp3) is 0.647. The van der Waals surface area contributed by atoms with Gasteiger partial charge in [0.05, 0.1) is 7.11 Å². The Morgan fingerprint density at radius 2 is 1.90 bits per heavy atom. The Balaban J connectivity index is 2.66. The highest BCUT2D eigenvalue weighted by Gasteiger charge is 2.07. The van der Waals surface area contributed by atoms with Crippen molar-refractivity contribution < 1.29 is 9.47 Å². The van der Waals surface area contributed by atoms with E-state index in [2.05, 4.69) is 37.9 Å². The van der Waals surface area contributed by atoms with E-state index in [9.17, 15) is 0 Å². The van der Waals surface area contributed by atoms with Crippen molar-refractivity contribution in [3.8, 4) is 11.5 Å². The summed E-state index contributed by atoms with van der Waals surface area (Å²) in [7, 11) is 1.69. The van der Waals surface area contributed by atoms with E-state index in [1.165, 1.54) is 0 Å². The number of nitrogens with one attached hydrogen (secondary N) is 1. The Morgan fingerprint density at radius 3 is 2.48 bits per heavy atom. The normalized spacial score (nSPS) is 11.2. The van der Waals surface area contributed by atoms with E-state index < -0.39 is 0 Å². The minimum atomic E-state index is 0.444. The second-order valence-corrected chi connectivity index (χ2v) is 5.38. The molecular formula is C17H30N2O2. The van der Waals surface area contributed by atoms with Gasteiger partial charge in [0.1, 0.15) is 18.1 Å². The van der Waals surface area contributed by atoms with E-state index in [4.69, 9.17) is 9.47 Å². The van der Waals surface area contributed by atoms with E-state index >= 15 is 0 Å². The van der Waals surface area contributed by atoms with Crippen molar-refractivity contribution in [2.24, 2.45) is 0 Å². The van der Waals surface area contributed by atoms with Crippen molar-refractivity contribution in [1.82, 2.24) is 10.2 Å². The lowest BCUT2D eigenvalue weighted by Gasteiger charge is -2.19. The van der Waals surface area contributed by atoms with Gasteiger partial charge in [-0.25, -0.2) is 0 Å². The minimum Gasteiger partial charge on any atom is -0.497 e. The van der Waals surface area contributed by atoms with Crippen LogP contribution in [0.3, 0.4) is 0 Å². The summed E-state index contributed by atoms with van der Waals surface area (Å²) in [5, 5.41) is 3.43. The number of benzene rings is 1. The summed E-state index contributed by atoms with van der Waals surface area (Å²) >= 11 is 0. The molecule has 1 aromatic rings. The molecule has 120 valence electrons. The Kier molecular flexibility index (Phi) is 8.16. The number of likely N-dealkylation sites (N-methyl/N-ethyl adjacent to an activating group) is 1. The predicted molar refractivity (Wildman–Crippen MR) is 88.3 cm³/mol. The van der Waals surface area contributed by atoms with Gasteiger partial charge in [0.2, 0.25) is 0 Å². The van der Waals surface area contributed by atoms with Crippen LogP contribution < -0.4 is 14.8 Å². The number of hydrogen-bond donors (Lipinski definition) is 1. The zero-order valence-electron chi connectivity index (χ0n) is 14.1. The van der Waals surface area contributed by atoms with Crippen molar-refractivity contribution in [2.75, 3.05) is 33.4 Å². The van der Waals surface area contributed by atoms with Crippen molar-refractivity contribution in [3.05, 3.63) is 23.8 Å². The van der Waals surface area contributed by atoms with E-state index in [-0.39, 0.29) is 0 Å². The second kappa shape index (κ2) is 9.64. The largest absolute Gasteiger partial charge is 0.497 e. The van der Waals surface area contributed by atoms with Crippen molar-refractivity contribution in [3.63, 3.8) is 0 Å². The topological polar surface area (TPSA) is 33.7 Å². The number of ether oxygens (including phenoxy) is 2. The zero-order valence-corrected chi connectivity index (χ0v) is 14.1. The summed E-state index contributed by atoms with van der Waals surface area (Å²) in [6.45, 7) is 13.2. The molecule has 0 saturated carbocycles. The Bertz CT molecular complexity index is 404. The van der Waals surface area contributed by atoms with Crippen molar-refractivity contribution >= 4 is 0 Å². The summed E-state index contributed by atoms with van der Waals surface area (Å²) < 4.78 is 11.3. The molecule has 0 amide bonds. The number of hydrogen-bond acceptors (Lipinski definition) is 4. The predicted octanol–water partition coefficient (Wildman–Crippen LogP) is 2.91. The summed E-state index contributed by atoms with van der Waals surface area (Å²) in [5.74, 6) is 1.81. The van der Waals surface area contributed by atoms with Crippen LogP contribution >= 0.6 is 0 Å². The van der Waals surface area contributed by atoms with Crippen LogP contribution in [0.15, 0.2) is 18.2 Å². The number of rotatable bonds is 10. The van der Waals surface area contributed by atoms with Gasteiger partial charge >= 0.3 is 0 Å². The molecule has 0 fully saturated rings. The third kappa shape index (κ3) is 6.36. The lowest BCUT2D eigenvalue weighted by atomic mass is 10.1. The van der Waals surface area contributed by atoms with E-state index in [0.717, 1.165) is 43.2 Å². The van der Waals surface area contributed by atoms with Crippen LogP contribution in [-0.2, 0) is 6.54 Å². The standard InChI is InChI=1S/C17H30N2O2/c1-6-19(7-2)10-11-21-17-9-8-16(20-5)12-15(17)13-18-14(3)4/h8-9,12,14,18H,6-7,10-11,13H2,1-5H3. The number of nitrogens with zero attached hydrogens (tertiary/aromatic N) is 1. The van der Waals surface area contributed by atoms with Crippen LogP contribution in [0, 0.1) is 0 Å². The van der Waals surface area contributed by atoms with Crippen LogP contribution in [0.5, 0.6) is 11.5 Å². The highest BCUT2D eigenvalue weighted by atomic mass is 16.5. The molecule has 0 radical (unpaired) electrons. The van der Waals surface area contributed by atoms with Gasteiger partial charge in [0.25, 0.3) is 0 Å². The molecule has 0 atom stereocenters. The molecule has 0 unspecified atom stereocenters. The molecule has 4 heteroatoms. The fourth-order valence-electron chi connectivity index (χ4n) is 2.10. The van der Waals surface area contributed by atoms with Gasteiger partial charge in [-0.2, -0.15) is 0 Å². The molecule has 0 aliphatic carbocycles. The molecule has 0 bridgehead atoms. The van der Waals surface area contributed by atoms with Crippen LogP contribution in [-0.4, -0.2) is 44.3 Å². The average Bonchev–Trinajstić information content (AvgIpc) is 2.50. The summed E-state index contributed by atoms with van der Waals surface area (Å²) in [5.41, 5.74) is 1.14. The molecule has 0 aromatic heterocycles. The van der Waals surface area contributed by atoms with E-state index in [1.807, 2.05) is 18.2 Å². The van der Waals surface area contributed by atoms with Crippen LogP contribution in [0.4, 0.5) is 0 Å². The smallest absolute Gasteiger partial charge is 0.124 e. The highest BCUT2D eigenvalue weighted by molar-refractivity contribution is 5.40. The molecule has 1 N–H and O–H groups in total. The minimum absolute atomic E-state index is 0.444. The van der Waals surface area contributed by atoms with E-state index in [0.29, 0.717) is 12.6 Å². The van der Waals surface area contributed by atoms with Gasteiger partial charge in [-0.1, -0.05) is 27.7 Å². The van der Waals surface area contributed by atoms with Crippen LogP contribution in [0.2, 0.25) is 0 Å². The summed E-state index contributed by atoms with van der Waals surface area (Å²) in [6, 6.07) is 6.44. The van der Waals surface area contributed by atoms with Gasteiger partial charge in [-0.3, -0.25) is 0 Å². The summed E-state index contributed by atoms with van der Waals surface area (Å²) in [6.07, 6.45) is 0. The Morgan fingerprint density at radius 1 is 1.19 bits per heavy atom. The maximum Gasteiger partial charge on any atom is 0.124 e. The number of methoxy groups -OCH3 is 1. The van der Waals surface area contributed by atoms with Gasteiger partial charge in [0.15, 0.2) is 0 Å². The second-order valence-electron chi connectivity index (χ2n) is 5.38. The molecular weight excluding hydrogens is 264 g/mol. The van der Waals surface area contributed by atoms with Gasteiger partial charge in [0, 0.05) is 24.7 Å². The zero-order chi connectivity index (χ0) is 15.7. The first-order chi connectivity index (χ1) is 10.1. The molecule has 0 saturated heterocycles. The Hall–Kier alpha value is -1.26. The molecule has 1 aromatic carbocycles. The highest BCUT2D eigenvalue weighted by Crippen LogP contribution is 2.24. The maximum absolute atomic E-state index is 5.97. The molecule has 1 rings (SSSR count). The maximum atomic E-state index is 5.97. The molecule has 0 aliphatic rings. The first kappa shape index (κ1) is 17.8. The molecule has 0 spiro atoms. The first-order valence-electron chi connectivity index (χ1n) is 7.86. The van der Waals surface area contributed by atoms with Gasteiger partial charge in [-0.15, -0.1) is 0 Å². The van der Waals surface area contributed by atoms with Crippen LogP contribution in [0.1, 0.15) is 33.3 Å². The average molecular weight is 294 g/mol. The van der Waals surface area contributed by atoms with Gasteiger partial charge in [-0.05, 0) is 31.3 Å². The van der Waals surface area contributed by atoms with Crippen molar-refractivity contribution in [2.45, 2.75) is 40.3 Å². The lowest BCUT2D eigenvalue weighted by Crippen LogP contribution is -2.28. The fourth-order valence-corrected chi connectivity index (χ4v) is 2.10. The molecule has 0 aliphatic heterocycles. The Labute approximate surface area is 129 Å². The summed E-state index contributed by atoms with van der Waals surface area (Å²) in [4.78, 5) is 2.36. The lowest BCUT2D eigenvalue weighted by molar-refractivity contribution is 0.221. The van der Waals surface area contributed by atoms with Crippen LogP contribution in [0.25, 0.3) is 0 Å². The molecule has 0 heterocycles. The molecule has 4 nitrogen and oxygen atoms in total. The van der Waals surface area contributed by atoms with Gasteiger partial charge < -0.3 is 19.7 Å². The first-order valence-corrected chi connectivity index (χ1v) is 7.86. The van der Waals surface area contributed by atoms with E-state index in [1.54, 1.807) is 7.11 Å². The molecule has 21 heavy (non-hydrogen) atoms. The SMILES string of the molecule is CCN(CC)CCOc1ccc(OC)cc1CNC(C)C. The van der Waals surface area contributed by atoms with Crippen molar-refractivity contribution in [1.29, 1.82) is 0 Å². The monoisotopic (exact) mass is 294 g/mol. The quantitative estimate of drug-likeness (QED) is 0.719.